The van der Waals surface area contributed by atoms with E-state index in [2.05, 4.69) is 57.3 Å². The van der Waals surface area contributed by atoms with Crippen molar-refractivity contribution < 1.29 is 0 Å². The van der Waals surface area contributed by atoms with Gasteiger partial charge in [-0.25, -0.2) is 0 Å². The van der Waals surface area contributed by atoms with Crippen molar-refractivity contribution in [3.63, 3.8) is 0 Å². The summed E-state index contributed by atoms with van der Waals surface area (Å²) >= 11 is 4.25. The second-order valence-electron chi connectivity index (χ2n) is 10.7. The average molecular weight is 365 g/mol. The van der Waals surface area contributed by atoms with Crippen molar-refractivity contribution in [3.05, 3.63) is 0 Å². The largest absolute Gasteiger partial charge is 0.229 e. The third kappa shape index (κ3) is 1.88. The molecule has 2 heteroatoms. The van der Waals surface area contributed by atoms with Gasteiger partial charge >= 0.3 is 0 Å². The van der Waals surface area contributed by atoms with Gasteiger partial charge in [0.15, 0.2) is 0 Å². The summed E-state index contributed by atoms with van der Waals surface area (Å²) in [4.78, 5) is 0. The Morgan fingerprint density at radius 2 is 1.09 bits per heavy atom. The predicted octanol–water partition coefficient (Wildman–Crippen LogP) is 6.52. The zero-order valence-corrected chi connectivity index (χ0v) is 17.0. The van der Waals surface area contributed by atoms with Gasteiger partial charge in [0.25, 0.3) is 0 Å². The molecule has 6 fully saturated rings. The lowest BCUT2D eigenvalue weighted by Gasteiger charge is -2.65. The zero-order valence-electron chi connectivity index (χ0n) is 15.4. The van der Waals surface area contributed by atoms with E-state index in [1.165, 1.54) is 25.7 Å². The lowest BCUT2D eigenvalue weighted by molar-refractivity contribution is -0.106. The summed E-state index contributed by atoms with van der Waals surface area (Å²) in [5.41, 5.74) is 2.04. The highest BCUT2D eigenvalue weighted by molar-refractivity contribution is 9.24. The molecule has 0 aromatic carbocycles. The highest BCUT2D eigenvalue weighted by atomic mass is 79.9. The number of halogens is 1. The summed E-state index contributed by atoms with van der Waals surface area (Å²) in [6.45, 7) is 15.3. The number of hydrogen-bond acceptors (Lipinski definition) is 0. The van der Waals surface area contributed by atoms with E-state index in [4.69, 9.17) is 0 Å². The van der Waals surface area contributed by atoms with Crippen LogP contribution in [0.3, 0.4) is 0 Å². The van der Waals surface area contributed by atoms with E-state index in [-0.39, 0.29) is 0 Å². The fraction of sp³-hybridized carbons (Fsp3) is 1.00. The molecule has 0 spiro atoms. The smallest absolute Gasteiger partial charge is 0.156 e. The van der Waals surface area contributed by atoms with Crippen LogP contribution in [0.25, 0.3) is 0 Å². The highest BCUT2D eigenvalue weighted by Crippen LogP contribution is 2.69. The second kappa shape index (κ2) is 4.80. The maximum absolute atomic E-state index is 4.25. The van der Waals surface area contributed by atoms with Gasteiger partial charge in [-0.2, -0.15) is 15.8 Å². The molecule has 6 saturated carbocycles. The second-order valence-corrected chi connectivity index (χ2v) is 11.7. The SMILES string of the molecule is CC1[C@@H](B(Br)[C@H]2C[C@H]3C[C@@H]([C@@H]2C)C3(C)C)C[C@H]2C[C@@H]1C2(C)C. The van der Waals surface area contributed by atoms with Gasteiger partial charge in [0.1, 0.15) is 0 Å². The van der Waals surface area contributed by atoms with Crippen LogP contribution in [0.5, 0.6) is 0 Å². The minimum Gasteiger partial charge on any atom is -0.156 e. The van der Waals surface area contributed by atoms with Gasteiger partial charge in [-0.3, -0.25) is 0 Å². The summed E-state index contributed by atoms with van der Waals surface area (Å²) < 4.78 is 0. The van der Waals surface area contributed by atoms with E-state index in [9.17, 15) is 0 Å². The molecule has 6 aliphatic rings. The van der Waals surface area contributed by atoms with Crippen LogP contribution in [0.4, 0.5) is 0 Å². The zero-order chi connectivity index (χ0) is 16.0. The van der Waals surface area contributed by atoms with Gasteiger partial charge in [0.2, 0.25) is 5.54 Å². The third-order valence-corrected chi connectivity index (χ3v) is 11.0. The molecule has 4 bridgehead atoms. The lowest BCUT2D eigenvalue weighted by atomic mass is 9.30. The monoisotopic (exact) mass is 364 g/mol. The minimum atomic E-state index is 0.630. The van der Waals surface area contributed by atoms with Crippen LogP contribution in [-0.2, 0) is 0 Å². The van der Waals surface area contributed by atoms with Crippen molar-refractivity contribution in [1.82, 2.24) is 0 Å². The molecule has 0 radical (unpaired) electrons. The van der Waals surface area contributed by atoms with Crippen molar-refractivity contribution in [2.45, 2.75) is 78.9 Å². The Hall–Kier alpha value is 0.545. The predicted molar refractivity (Wildman–Crippen MR) is 100 cm³/mol. The molecule has 8 atom stereocenters. The first kappa shape index (κ1) is 16.0. The summed E-state index contributed by atoms with van der Waals surface area (Å²) in [6, 6.07) is 0. The normalized spacial score (nSPS) is 54.1. The molecular formula is C20H34BBr. The maximum atomic E-state index is 4.25. The van der Waals surface area contributed by atoms with Crippen molar-refractivity contribution in [2.75, 3.05) is 0 Å². The Morgan fingerprint density at radius 3 is 1.36 bits per heavy atom. The molecule has 1 unspecified atom stereocenters. The molecule has 0 aromatic rings. The number of fused-ring (bicyclic) bond motifs is 4. The van der Waals surface area contributed by atoms with Gasteiger partial charge in [0, 0.05) is 0 Å². The van der Waals surface area contributed by atoms with E-state index >= 15 is 0 Å². The fourth-order valence-corrected chi connectivity index (χ4v) is 8.93. The molecule has 22 heavy (non-hydrogen) atoms. The van der Waals surface area contributed by atoms with Crippen LogP contribution in [0, 0.1) is 46.3 Å². The molecule has 0 amide bonds. The van der Waals surface area contributed by atoms with Crippen molar-refractivity contribution in [3.8, 4) is 0 Å². The topological polar surface area (TPSA) is 0 Å². The molecular weight excluding hydrogens is 331 g/mol. The Kier molecular flexibility index (Phi) is 3.50. The standard InChI is InChI=1S/C20H34BBr/c1-11-15-7-13(19(15,3)4)9-17(11)21(22)18-10-14-8-16(12(18)2)20(14,5)6/h11-18H,7-10H2,1-6H3/t11-,12?,13+,14+,15-,16-,17-,18-/m0/s1. The Morgan fingerprint density at radius 1 is 0.727 bits per heavy atom. The van der Waals surface area contributed by atoms with Gasteiger partial charge in [0.05, 0.1) is 0 Å². The quantitative estimate of drug-likeness (QED) is 0.489. The van der Waals surface area contributed by atoms with Crippen LogP contribution in [0.2, 0.25) is 11.6 Å². The van der Waals surface area contributed by atoms with Gasteiger partial charge in [-0.05, 0) is 70.8 Å². The minimum absolute atomic E-state index is 0.630. The van der Waals surface area contributed by atoms with Crippen LogP contribution >= 0.6 is 15.8 Å². The van der Waals surface area contributed by atoms with E-state index in [0.29, 0.717) is 10.8 Å². The molecule has 0 aliphatic heterocycles. The van der Waals surface area contributed by atoms with E-state index < -0.39 is 0 Å². The summed E-state index contributed by atoms with van der Waals surface area (Å²) in [5.74, 6) is 7.69. The van der Waals surface area contributed by atoms with Gasteiger partial charge in [-0.1, -0.05) is 54.4 Å². The molecule has 0 heterocycles. The first-order valence-electron chi connectivity index (χ1n) is 9.79. The molecule has 0 N–H and O–H groups in total. The molecule has 6 rings (SSSR count). The van der Waals surface area contributed by atoms with Crippen LogP contribution in [0.15, 0.2) is 0 Å². The van der Waals surface area contributed by atoms with Gasteiger partial charge in [-0.15, -0.1) is 0 Å². The van der Waals surface area contributed by atoms with Gasteiger partial charge < -0.3 is 0 Å². The van der Waals surface area contributed by atoms with E-state index in [1.807, 2.05) is 0 Å². The first-order valence-corrected chi connectivity index (χ1v) is 10.7. The number of rotatable bonds is 2. The maximum Gasteiger partial charge on any atom is 0.229 e. The molecule has 124 valence electrons. The van der Waals surface area contributed by atoms with Crippen LogP contribution in [0.1, 0.15) is 67.2 Å². The Labute approximate surface area is 146 Å². The van der Waals surface area contributed by atoms with Crippen molar-refractivity contribution in [2.24, 2.45) is 46.3 Å². The van der Waals surface area contributed by atoms with Crippen LogP contribution in [-0.4, -0.2) is 5.54 Å². The molecule has 0 saturated heterocycles. The molecule has 0 aromatic heterocycles. The lowest BCUT2D eigenvalue weighted by Crippen LogP contribution is -2.58. The summed E-state index contributed by atoms with van der Waals surface area (Å²) in [6.07, 6.45) is 6.01. The summed E-state index contributed by atoms with van der Waals surface area (Å²) in [5, 5.41) is 0. The van der Waals surface area contributed by atoms with E-state index in [1.54, 1.807) is 0 Å². The van der Waals surface area contributed by atoms with E-state index in [0.717, 1.165) is 52.7 Å². The highest BCUT2D eigenvalue weighted by Gasteiger charge is 2.62. The van der Waals surface area contributed by atoms with Crippen LogP contribution < -0.4 is 0 Å². The fourth-order valence-electron chi connectivity index (χ4n) is 7.54. The molecule has 0 nitrogen and oxygen atoms in total. The Bertz CT molecular complexity index is 428. The molecule has 6 aliphatic carbocycles. The third-order valence-electron chi connectivity index (χ3n) is 9.64. The number of hydrogen-bond donors (Lipinski definition) is 0. The summed E-state index contributed by atoms with van der Waals surface area (Å²) in [7, 11) is 0. The average Bonchev–Trinajstić information content (AvgIpc) is 2.45. The first-order chi connectivity index (χ1) is 10.2. The van der Waals surface area contributed by atoms with Crippen molar-refractivity contribution >= 4 is 21.3 Å². The Balaban J connectivity index is 1.49. The van der Waals surface area contributed by atoms with Crippen molar-refractivity contribution in [1.29, 1.82) is 0 Å².